The lowest BCUT2D eigenvalue weighted by Gasteiger charge is -2.29. The van der Waals surface area contributed by atoms with E-state index in [0.717, 1.165) is 45.5 Å². The molecule has 0 spiro atoms. The van der Waals surface area contributed by atoms with Gasteiger partial charge in [-0.2, -0.15) is 0 Å². The van der Waals surface area contributed by atoms with Crippen LogP contribution in [-0.2, 0) is 15.8 Å². The van der Waals surface area contributed by atoms with Crippen molar-refractivity contribution < 1.29 is 9.90 Å². The molecule has 0 radical (unpaired) electrons. The SMILES string of the molecule is CC(O)(CNC(=O)C1(c2cccs2)CCCC1)c1cc2ccccc2s1. The van der Waals surface area contributed by atoms with Gasteiger partial charge in [0, 0.05) is 14.5 Å². The second kappa shape index (κ2) is 6.80. The number of amides is 1. The van der Waals surface area contributed by atoms with E-state index in [0.29, 0.717) is 0 Å². The highest BCUT2D eigenvalue weighted by atomic mass is 32.1. The van der Waals surface area contributed by atoms with Gasteiger partial charge in [-0.25, -0.2) is 0 Å². The van der Waals surface area contributed by atoms with Crippen LogP contribution in [-0.4, -0.2) is 17.6 Å². The average molecular weight is 386 g/mol. The molecule has 3 aromatic rings. The molecule has 1 aliphatic carbocycles. The van der Waals surface area contributed by atoms with E-state index in [1.54, 1.807) is 29.6 Å². The molecule has 0 aliphatic heterocycles. The van der Waals surface area contributed by atoms with Crippen molar-refractivity contribution in [2.24, 2.45) is 0 Å². The number of fused-ring (bicyclic) bond motifs is 1. The molecule has 1 aromatic carbocycles. The van der Waals surface area contributed by atoms with E-state index in [1.807, 2.05) is 35.7 Å². The highest BCUT2D eigenvalue weighted by molar-refractivity contribution is 7.19. The Balaban J connectivity index is 1.52. The lowest BCUT2D eigenvalue weighted by atomic mass is 9.83. The van der Waals surface area contributed by atoms with Gasteiger partial charge >= 0.3 is 0 Å². The summed E-state index contributed by atoms with van der Waals surface area (Å²) in [5, 5.41) is 17.2. The maximum atomic E-state index is 13.1. The largest absolute Gasteiger partial charge is 0.383 e. The third-order valence-electron chi connectivity index (χ3n) is 5.43. The standard InChI is InChI=1S/C21H23NO2S2/c1-20(24,18-13-15-7-2-3-8-16(15)26-18)14-22-19(23)21(10-4-5-11-21)17-9-6-12-25-17/h2-3,6-9,12-13,24H,4-5,10-11,14H2,1H3,(H,22,23). The molecule has 0 saturated heterocycles. The first-order valence-electron chi connectivity index (χ1n) is 9.05. The highest BCUT2D eigenvalue weighted by Crippen LogP contribution is 2.43. The minimum atomic E-state index is -1.07. The number of rotatable bonds is 5. The number of carbonyl (C=O) groups is 1. The van der Waals surface area contributed by atoms with E-state index in [-0.39, 0.29) is 12.5 Å². The molecule has 2 aromatic heterocycles. The van der Waals surface area contributed by atoms with Crippen LogP contribution in [0.3, 0.4) is 0 Å². The Kier molecular flexibility index (Phi) is 4.63. The van der Waals surface area contributed by atoms with Crippen LogP contribution in [0.4, 0.5) is 0 Å². The lowest BCUT2D eigenvalue weighted by molar-refractivity contribution is -0.127. The molecule has 1 fully saturated rings. The highest BCUT2D eigenvalue weighted by Gasteiger charge is 2.44. The summed E-state index contributed by atoms with van der Waals surface area (Å²) in [7, 11) is 0. The molecule has 2 N–H and O–H groups in total. The number of thiophene rings is 2. The van der Waals surface area contributed by atoms with Crippen molar-refractivity contribution in [2.75, 3.05) is 6.54 Å². The fourth-order valence-corrected chi connectivity index (χ4v) is 5.96. The van der Waals surface area contributed by atoms with Gasteiger partial charge in [-0.15, -0.1) is 22.7 Å². The predicted octanol–water partition coefficient (Wildman–Crippen LogP) is 4.80. The van der Waals surface area contributed by atoms with Gasteiger partial charge in [0.2, 0.25) is 5.91 Å². The molecule has 1 amide bonds. The minimum absolute atomic E-state index is 0.0545. The van der Waals surface area contributed by atoms with Gasteiger partial charge in [0.25, 0.3) is 0 Å². The Bertz CT molecular complexity index is 872. The first kappa shape index (κ1) is 17.7. The topological polar surface area (TPSA) is 49.3 Å². The summed E-state index contributed by atoms with van der Waals surface area (Å²) in [5.41, 5.74) is -1.49. The van der Waals surface area contributed by atoms with Gasteiger partial charge in [-0.1, -0.05) is 37.1 Å². The third kappa shape index (κ3) is 3.08. The molecule has 0 bridgehead atoms. The Morgan fingerprint density at radius 2 is 2.00 bits per heavy atom. The minimum Gasteiger partial charge on any atom is -0.383 e. The van der Waals surface area contributed by atoms with Gasteiger partial charge < -0.3 is 10.4 Å². The van der Waals surface area contributed by atoms with Gasteiger partial charge in [-0.05, 0) is 48.7 Å². The average Bonchev–Trinajstić information content (AvgIpc) is 3.39. The first-order chi connectivity index (χ1) is 12.5. The smallest absolute Gasteiger partial charge is 0.231 e. The fourth-order valence-electron chi connectivity index (χ4n) is 3.87. The molecule has 1 unspecified atom stereocenters. The number of nitrogens with one attached hydrogen (secondary N) is 1. The number of hydrogen-bond donors (Lipinski definition) is 2. The second-order valence-corrected chi connectivity index (χ2v) is 9.40. The summed E-state index contributed by atoms with van der Waals surface area (Å²) in [6, 6.07) is 14.2. The van der Waals surface area contributed by atoms with E-state index >= 15 is 0 Å². The fraction of sp³-hybridized carbons (Fsp3) is 0.381. The van der Waals surface area contributed by atoms with Crippen molar-refractivity contribution in [3.8, 4) is 0 Å². The molecular formula is C21H23NO2S2. The van der Waals surface area contributed by atoms with Crippen LogP contribution in [0, 0.1) is 0 Å². The summed E-state index contributed by atoms with van der Waals surface area (Å²) < 4.78 is 1.15. The van der Waals surface area contributed by atoms with Crippen LogP contribution >= 0.6 is 22.7 Å². The van der Waals surface area contributed by atoms with Crippen LogP contribution in [0.15, 0.2) is 47.8 Å². The number of benzene rings is 1. The van der Waals surface area contributed by atoms with Crippen LogP contribution in [0.25, 0.3) is 10.1 Å². The zero-order chi connectivity index (χ0) is 18.2. The third-order valence-corrected chi connectivity index (χ3v) is 7.88. The molecule has 136 valence electrons. The quantitative estimate of drug-likeness (QED) is 0.663. The molecule has 1 saturated carbocycles. The molecule has 2 heterocycles. The molecule has 3 nitrogen and oxygen atoms in total. The van der Waals surface area contributed by atoms with Crippen LogP contribution < -0.4 is 5.32 Å². The van der Waals surface area contributed by atoms with Crippen LogP contribution in [0.1, 0.15) is 42.4 Å². The van der Waals surface area contributed by atoms with Crippen molar-refractivity contribution in [1.82, 2.24) is 5.32 Å². The molecular weight excluding hydrogens is 362 g/mol. The summed E-state index contributed by atoms with van der Waals surface area (Å²) in [6.07, 6.45) is 3.95. The van der Waals surface area contributed by atoms with Crippen molar-refractivity contribution in [2.45, 2.75) is 43.6 Å². The predicted molar refractivity (Wildman–Crippen MR) is 109 cm³/mol. The Hall–Kier alpha value is -1.69. The zero-order valence-electron chi connectivity index (χ0n) is 14.8. The molecule has 5 heteroatoms. The van der Waals surface area contributed by atoms with E-state index in [2.05, 4.69) is 17.4 Å². The maximum Gasteiger partial charge on any atom is 0.231 e. The Morgan fingerprint density at radius 1 is 1.23 bits per heavy atom. The summed E-state index contributed by atoms with van der Waals surface area (Å²) in [6.45, 7) is 2.01. The summed E-state index contributed by atoms with van der Waals surface area (Å²) in [5.74, 6) is 0.0545. The van der Waals surface area contributed by atoms with E-state index in [1.165, 1.54) is 0 Å². The van der Waals surface area contributed by atoms with Gasteiger partial charge in [0.1, 0.15) is 5.60 Å². The lowest BCUT2D eigenvalue weighted by Crippen LogP contribution is -2.46. The molecule has 4 rings (SSSR count). The summed E-state index contributed by atoms with van der Waals surface area (Å²) in [4.78, 5) is 15.1. The molecule has 1 atom stereocenters. The van der Waals surface area contributed by atoms with Crippen molar-refractivity contribution in [3.05, 3.63) is 57.6 Å². The number of aliphatic hydroxyl groups is 1. The van der Waals surface area contributed by atoms with Crippen LogP contribution in [0.5, 0.6) is 0 Å². The normalized spacial score (nSPS) is 18.7. The van der Waals surface area contributed by atoms with Crippen molar-refractivity contribution in [3.63, 3.8) is 0 Å². The van der Waals surface area contributed by atoms with Gasteiger partial charge in [0.05, 0.1) is 12.0 Å². The van der Waals surface area contributed by atoms with Gasteiger partial charge in [-0.3, -0.25) is 4.79 Å². The van der Waals surface area contributed by atoms with Crippen molar-refractivity contribution in [1.29, 1.82) is 0 Å². The number of carbonyl (C=O) groups excluding carboxylic acids is 1. The molecule has 1 aliphatic rings. The van der Waals surface area contributed by atoms with E-state index in [9.17, 15) is 9.90 Å². The van der Waals surface area contributed by atoms with E-state index < -0.39 is 11.0 Å². The molecule has 26 heavy (non-hydrogen) atoms. The maximum absolute atomic E-state index is 13.1. The number of hydrogen-bond acceptors (Lipinski definition) is 4. The monoisotopic (exact) mass is 385 g/mol. The first-order valence-corrected chi connectivity index (χ1v) is 10.7. The second-order valence-electron chi connectivity index (χ2n) is 7.37. The van der Waals surface area contributed by atoms with Gasteiger partial charge in [0.15, 0.2) is 0 Å². The van der Waals surface area contributed by atoms with Crippen molar-refractivity contribution >= 4 is 38.7 Å². The zero-order valence-corrected chi connectivity index (χ0v) is 16.5. The summed E-state index contributed by atoms with van der Waals surface area (Å²) >= 11 is 3.24. The van der Waals surface area contributed by atoms with E-state index in [4.69, 9.17) is 0 Å². The van der Waals surface area contributed by atoms with Crippen LogP contribution in [0.2, 0.25) is 0 Å². The Morgan fingerprint density at radius 3 is 2.69 bits per heavy atom. The Labute approximate surface area is 161 Å².